The molecule has 136 valence electrons. The normalized spacial score (nSPS) is 13.4. The van der Waals surface area contributed by atoms with Crippen LogP contribution in [0, 0.1) is 0 Å². The number of hydrogen-bond acceptors (Lipinski definition) is 4. The molecule has 2 atom stereocenters. The summed E-state index contributed by atoms with van der Waals surface area (Å²) in [6, 6.07) is 17.6. The van der Waals surface area contributed by atoms with Gasteiger partial charge in [0.15, 0.2) is 0 Å². The Morgan fingerprint density at radius 2 is 1.72 bits per heavy atom. The number of nitrogens with one attached hydrogen (secondary N) is 1. The molecular weight excluding hydrogens is 314 g/mol. The van der Waals surface area contributed by atoms with Crippen molar-refractivity contribution in [2.24, 2.45) is 0 Å². The third-order valence-electron chi connectivity index (χ3n) is 4.07. The molecule has 2 aromatic carbocycles. The number of benzene rings is 2. The molecule has 0 aliphatic heterocycles. The number of rotatable bonds is 11. The minimum atomic E-state index is -0.591. The molecule has 0 heterocycles. The number of aryl methyl sites for hydroxylation is 1. The molecule has 0 radical (unpaired) electrons. The second-order valence-corrected chi connectivity index (χ2v) is 6.25. The molecule has 2 aromatic rings. The predicted octanol–water partition coefficient (Wildman–Crippen LogP) is 3.09. The molecule has 0 aliphatic carbocycles. The van der Waals surface area contributed by atoms with Gasteiger partial charge in [0.2, 0.25) is 0 Å². The first kappa shape index (κ1) is 19.4. The summed E-state index contributed by atoms with van der Waals surface area (Å²) in [6.45, 7) is 3.68. The summed E-state index contributed by atoms with van der Waals surface area (Å²) >= 11 is 0. The van der Waals surface area contributed by atoms with Gasteiger partial charge in [0.05, 0.1) is 6.10 Å². The van der Waals surface area contributed by atoms with Gasteiger partial charge in [-0.25, -0.2) is 0 Å². The molecule has 3 N–H and O–H groups in total. The average molecular weight is 343 g/mol. The topological polar surface area (TPSA) is 61.7 Å². The van der Waals surface area contributed by atoms with E-state index in [1.54, 1.807) is 0 Å². The zero-order chi connectivity index (χ0) is 17.9. The van der Waals surface area contributed by atoms with Gasteiger partial charge in [-0.2, -0.15) is 0 Å². The lowest BCUT2D eigenvalue weighted by molar-refractivity contribution is 0.102. The fourth-order valence-corrected chi connectivity index (χ4v) is 2.68. The SMILES string of the molecule is CCCNCC(O)COc1ccccc1C(O)CCc1ccccc1. The van der Waals surface area contributed by atoms with E-state index in [2.05, 4.69) is 24.4 Å². The Morgan fingerprint density at radius 3 is 2.48 bits per heavy atom. The highest BCUT2D eigenvalue weighted by Crippen LogP contribution is 2.28. The molecule has 4 heteroatoms. The van der Waals surface area contributed by atoms with E-state index in [1.807, 2.05) is 42.5 Å². The number of ether oxygens (including phenoxy) is 1. The minimum absolute atomic E-state index is 0.207. The Kier molecular flexibility index (Phi) is 8.46. The maximum absolute atomic E-state index is 10.5. The van der Waals surface area contributed by atoms with E-state index in [0.717, 1.165) is 24.9 Å². The molecule has 2 rings (SSSR count). The molecule has 0 spiro atoms. The van der Waals surface area contributed by atoms with Gasteiger partial charge in [-0.15, -0.1) is 0 Å². The number of para-hydroxylation sites is 1. The van der Waals surface area contributed by atoms with Gasteiger partial charge in [0.25, 0.3) is 0 Å². The standard InChI is InChI=1S/C21H29NO3/c1-2-14-22-15-18(23)16-25-21-11-7-6-10-19(21)20(24)13-12-17-8-4-3-5-9-17/h3-11,18,20,22-24H,2,12-16H2,1H3. The Labute approximate surface area is 150 Å². The maximum Gasteiger partial charge on any atom is 0.125 e. The molecule has 0 saturated carbocycles. The van der Waals surface area contributed by atoms with Gasteiger partial charge in [0, 0.05) is 12.1 Å². The maximum atomic E-state index is 10.5. The zero-order valence-electron chi connectivity index (χ0n) is 14.9. The van der Waals surface area contributed by atoms with Crippen molar-refractivity contribution in [3.05, 3.63) is 65.7 Å². The fraction of sp³-hybridized carbons (Fsp3) is 0.429. The van der Waals surface area contributed by atoms with Crippen molar-refractivity contribution in [2.75, 3.05) is 19.7 Å². The summed E-state index contributed by atoms with van der Waals surface area (Å²) < 4.78 is 5.75. The summed E-state index contributed by atoms with van der Waals surface area (Å²) in [7, 11) is 0. The quantitative estimate of drug-likeness (QED) is 0.549. The van der Waals surface area contributed by atoms with Crippen LogP contribution < -0.4 is 10.1 Å². The Hall–Kier alpha value is -1.88. The van der Waals surface area contributed by atoms with Crippen LogP contribution in [0.2, 0.25) is 0 Å². The lowest BCUT2D eigenvalue weighted by Crippen LogP contribution is -2.32. The minimum Gasteiger partial charge on any atom is -0.490 e. The van der Waals surface area contributed by atoms with E-state index >= 15 is 0 Å². The van der Waals surface area contributed by atoms with Crippen LogP contribution in [0.4, 0.5) is 0 Å². The highest BCUT2D eigenvalue weighted by Gasteiger charge is 2.14. The Balaban J connectivity index is 1.88. The Morgan fingerprint density at radius 1 is 1.00 bits per heavy atom. The van der Waals surface area contributed by atoms with E-state index in [1.165, 1.54) is 5.56 Å². The number of aliphatic hydroxyl groups is 2. The molecule has 0 aliphatic rings. The molecule has 0 aromatic heterocycles. The van der Waals surface area contributed by atoms with Gasteiger partial charge in [-0.05, 0) is 37.4 Å². The van der Waals surface area contributed by atoms with Crippen molar-refractivity contribution in [3.63, 3.8) is 0 Å². The molecule has 0 saturated heterocycles. The van der Waals surface area contributed by atoms with Crippen LogP contribution in [0.15, 0.2) is 54.6 Å². The lowest BCUT2D eigenvalue weighted by Gasteiger charge is -2.18. The molecule has 0 fully saturated rings. The van der Waals surface area contributed by atoms with Crippen LogP contribution in [0.5, 0.6) is 5.75 Å². The second-order valence-electron chi connectivity index (χ2n) is 6.25. The van der Waals surface area contributed by atoms with Crippen molar-refractivity contribution in [2.45, 2.75) is 38.4 Å². The van der Waals surface area contributed by atoms with Crippen LogP contribution >= 0.6 is 0 Å². The van der Waals surface area contributed by atoms with Crippen molar-refractivity contribution in [1.29, 1.82) is 0 Å². The van der Waals surface area contributed by atoms with E-state index in [-0.39, 0.29) is 6.61 Å². The zero-order valence-corrected chi connectivity index (χ0v) is 14.9. The molecule has 25 heavy (non-hydrogen) atoms. The smallest absolute Gasteiger partial charge is 0.125 e. The van der Waals surface area contributed by atoms with E-state index in [4.69, 9.17) is 4.74 Å². The van der Waals surface area contributed by atoms with Gasteiger partial charge >= 0.3 is 0 Å². The van der Waals surface area contributed by atoms with Gasteiger partial charge < -0.3 is 20.3 Å². The van der Waals surface area contributed by atoms with Crippen LogP contribution in [0.1, 0.15) is 37.0 Å². The monoisotopic (exact) mass is 343 g/mol. The van der Waals surface area contributed by atoms with Crippen molar-refractivity contribution in [1.82, 2.24) is 5.32 Å². The summed E-state index contributed by atoms with van der Waals surface area (Å²) in [4.78, 5) is 0. The first-order valence-electron chi connectivity index (χ1n) is 9.03. The molecule has 0 bridgehead atoms. The second kappa shape index (κ2) is 10.9. The molecular formula is C21H29NO3. The van der Waals surface area contributed by atoms with Crippen molar-refractivity contribution < 1.29 is 14.9 Å². The average Bonchev–Trinajstić information content (AvgIpc) is 2.66. The molecule has 0 amide bonds. The summed E-state index contributed by atoms with van der Waals surface area (Å²) in [5.41, 5.74) is 1.98. The van der Waals surface area contributed by atoms with Gasteiger partial charge in [-0.1, -0.05) is 55.5 Å². The van der Waals surface area contributed by atoms with Gasteiger partial charge in [-0.3, -0.25) is 0 Å². The van der Waals surface area contributed by atoms with Crippen molar-refractivity contribution >= 4 is 0 Å². The van der Waals surface area contributed by atoms with E-state index < -0.39 is 12.2 Å². The van der Waals surface area contributed by atoms with Crippen molar-refractivity contribution in [3.8, 4) is 5.75 Å². The van der Waals surface area contributed by atoms with E-state index in [0.29, 0.717) is 18.7 Å². The van der Waals surface area contributed by atoms with Crippen LogP contribution in [-0.4, -0.2) is 36.0 Å². The molecule has 4 nitrogen and oxygen atoms in total. The third kappa shape index (κ3) is 6.86. The molecule has 2 unspecified atom stereocenters. The van der Waals surface area contributed by atoms with Crippen LogP contribution in [0.3, 0.4) is 0 Å². The summed E-state index contributed by atoms with van der Waals surface area (Å²) in [5.74, 6) is 0.637. The fourth-order valence-electron chi connectivity index (χ4n) is 2.68. The summed E-state index contributed by atoms with van der Waals surface area (Å²) in [5, 5.41) is 23.7. The lowest BCUT2D eigenvalue weighted by atomic mass is 10.0. The third-order valence-corrected chi connectivity index (χ3v) is 4.07. The number of hydrogen-bond donors (Lipinski definition) is 3. The largest absolute Gasteiger partial charge is 0.490 e. The summed E-state index contributed by atoms with van der Waals surface area (Å²) in [6.07, 6.45) is 1.31. The highest BCUT2D eigenvalue weighted by atomic mass is 16.5. The number of aliphatic hydroxyl groups excluding tert-OH is 2. The van der Waals surface area contributed by atoms with Gasteiger partial charge in [0.1, 0.15) is 18.5 Å². The first-order valence-corrected chi connectivity index (χ1v) is 9.03. The van der Waals surface area contributed by atoms with Crippen LogP contribution in [-0.2, 0) is 6.42 Å². The highest BCUT2D eigenvalue weighted by molar-refractivity contribution is 5.35. The predicted molar refractivity (Wildman–Crippen MR) is 101 cm³/mol. The Bertz CT molecular complexity index is 603. The first-order chi connectivity index (χ1) is 12.2. The van der Waals surface area contributed by atoms with E-state index in [9.17, 15) is 10.2 Å². The van der Waals surface area contributed by atoms with Crippen LogP contribution in [0.25, 0.3) is 0 Å².